The Morgan fingerprint density at radius 3 is 2.28 bits per heavy atom. The topological polar surface area (TPSA) is 84.9 Å². The maximum atomic E-state index is 13.8. The fourth-order valence-corrected chi connectivity index (χ4v) is 5.35. The minimum atomic E-state index is -0.695. The Morgan fingerprint density at radius 2 is 1.59 bits per heavy atom. The molecular weight excluding hydrogens is 536 g/mol. The number of anilines is 1. The van der Waals surface area contributed by atoms with Crippen molar-refractivity contribution < 1.29 is 23.9 Å². The van der Waals surface area contributed by atoms with Gasteiger partial charge < -0.3 is 9.47 Å². The first-order chi connectivity index (χ1) is 18.5. The lowest BCUT2D eigenvalue weighted by molar-refractivity contribution is -0.147. The van der Waals surface area contributed by atoms with Gasteiger partial charge in [-0.2, -0.15) is 0 Å². The number of halogens is 1. The molecule has 0 radical (unpaired) electrons. The average molecular weight is 569 g/mol. The Bertz CT molecular complexity index is 1230. The highest BCUT2D eigenvalue weighted by Gasteiger charge is 2.35. The molecule has 1 aliphatic rings. The van der Waals surface area contributed by atoms with Crippen LogP contribution in [0.25, 0.3) is 0 Å². The van der Waals surface area contributed by atoms with Crippen molar-refractivity contribution in [1.82, 2.24) is 5.32 Å². The molecule has 1 N–H and O–H groups in total. The number of thioether (sulfide) groups is 1. The van der Waals surface area contributed by atoms with Gasteiger partial charge >= 0.3 is 11.9 Å². The second kappa shape index (κ2) is 15.3. The van der Waals surface area contributed by atoms with Crippen LogP contribution >= 0.6 is 24.2 Å². The van der Waals surface area contributed by atoms with Gasteiger partial charge in [-0.1, -0.05) is 72.8 Å². The molecule has 1 unspecified atom stereocenters. The fourth-order valence-electron chi connectivity index (χ4n) is 4.26. The van der Waals surface area contributed by atoms with Crippen LogP contribution in [-0.4, -0.2) is 48.8 Å². The van der Waals surface area contributed by atoms with E-state index in [2.05, 4.69) is 5.32 Å². The lowest BCUT2D eigenvalue weighted by atomic mass is 10.0. The van der Waals surface area contributed by atoms with Crippen LogP contribution in [0.4, 0.5) is 5.69 Å². The number of nitrogens with one attached hydrogen (secondary N) is 1. The van der Waals surface area contributed by atoms with Gasteiger partial charge in [0.2, 0.25) is 5.91 Å². The summed E-state index contributed by atoms with van der Waals surface area (Å²) in [7, 11) is 0. The molecule has 0 spiro atoms. The molecule has 3 aromatic carbocycles. The highest BCUT2D eigenvalue weighted by Crippen LogP contribution is 2.34. The minimum absolute atomic E-state index is 0. The van der Waals surface area contributed by atoms with E-state index in [-0.39, 0.29) is 38.1 Å². The molecular formula is C30H33ClN2O5S. The molecule has 206 valence electrons. The zero-order valence-electron chi connectivity index (χ0n) is 21.8. The van der Waals surface area contributed by atoms with Crippen LogP contribution < -0.4 is 10.2 Å². The number of aryl methyl sites for hydroxylation is 1. The van der Waals surface area contributed by atoms with Crippen LogP contribution in [0.2, 0.25) is 0 Å². The van der Waals surface area contributed by atoms with E-state index in [0.29, 0.717) is 24.3 Å². The number of fused-ring (bicyclic) bond motifs is 1. The van der Waals surface area contributed by atoms with Crippen molar-refractivity contribution in [3.63, 3.8) is 0 Å². The molecule has 0 bridgehead atoms. The van der Waals surface area contributed by atoms with Crippen LogP contribution in [0, 0.1) is 0 Å². The van der Waals surface area contributed by atoms with E-state index in [1.807, 2.05) is 84.9 Å². The minimum Gasteiger partial charge on any atom is -0.465 e. The molecule has 0 aromatic heterocycles. The average Bonchev–Trinajstić information content (AvgIpc) is 3.07. The standard InChI is InChI=1S/C30H32N2O5S.ClH/c1-2-36-30(35)24(18-17-22-11-5-3-6-12-22)31-25-21-38-27-16-10-9-15-26(27)32(29(25)34)19-28(33)37-20-23-13-7-4-8-14-23;/h3-16,24-25,31H,2,17-21H2,1H3;1H/t24-,25?;/m1./s1. The molecule has 7 nitrogen and oxygen atoms in total. The van der Waals surface area contributed by atoms with Crippen molar-refractivity contribution in [1.29, 1.82) is 0 Å². The molecule has 2 atom stereocenters. The van der Waals surface area contributed by atoms with E-state index >= 15 is 0 Å². The van der Waals surface area contributed by atoms with Gasteiger partial charge in [-0.3, -0.25) is 24.6 Å². The van der Waals surface area contributed by atoms with Gasteiger partial charge in [0.15, 0.2) is 0 Å². The van der Waals surface area contributed by atoms with Crippen LogP contribution in [0.15, 0.2) is 89.8 Å². The summed E-state index contributed by atoms with van der Waals surface area (Å²) in [5.74, 6) is -0.772. The third-order valence-electron chi connectivity index (χ3n) is 6.19. The van der Waals surface area contributed by atoms with Crippen molar-refractivity contribution in [2.75, 3.05) is 23.8 Å². The molecule has 0 saturated heterocycles. The first-order valence-electron chi connectivity index (χ1n) is 12.7. The van der Waals surface area contributed by atoms with E-state index in [1.165, 1.54) is 16.7 Å². The van der Waals surface area contributed by atoms with Crippen molar-refractivity contribution in [2.24, 2.45) is 0 Å². The summed E-state index contributed by atoms with van der Waals surface area (Å²) < 4.78 is 10.8. The zero-order valence-corrected chi connectivity index (χ0v) is 23.4. The maximum Gasteiger partial charge on any atom is 0.326 e. The molecule has 9 heteroatoms. The first kappa shape index (κ1) is 30.2. The molecule has 1 amide bonds. The molecule has 39 heavy (non-hydrogen) atoms. The normalized spacial score (nSPS) is 15.4. The summed E-state index contributed by atoms with van der Waals surface area (Å²) in [6.45, 7) is 1.92. The summed E-state index contributed by atoms with van der Waals surface area (Å²) in [5, 5.41) is 3.26. The SMILES string of the molecule is CCOC(=O)[C@@H](CCc1ccccc1)NC1CSc2ccccc2N(CC(=O)OCc2ccccc2)C1=O.Cl. The van der Waals surface area contributed by atoms with Gasteiger partial charge in [-0.05, 0) is 43.0 Å². The van der Waals surface area contributed by atoms with E-state index in [0.717, 1.165) is 16.0 Å². The fraction of sp³-hybridized carbons (Fsp3) is 0.300. The van der Waals surface area contributed by atoms with Crippen LogP contribution in [-0.2, 0) is 36.9 Å². The van der Waals surface area contributed by atoms with E-state index in [9.17, 15) is 14.4 Å². The summed E-state index contributed by atoms with van der Waals surface area (Å²) in [6.07, 6.45) is 1.13. The molecule has 0 saturated carbocycles. The highest BCUT2D eigenvalue weighted by atomic mass is 35.5. The number of esters is 2. The molecule has 1 aliphatic heterocycles. The van der Waals surface area contributed by atoms with Crippen LogP contribution in [0.1, 0.15) is 24.5 Å². The lowest BCUT2D eigenvalue weighted by Crippen LogP contribution is -2.54. The third kappa shape index (κ3) is 8.58. The smallest absolute Gasteiger partial charge is 0.326 e. The number of carbonyl (C=O) groups is 3. The predicted octanol–water partition coefficient (Wildman–Crippen LogP) is 4.81. The zero-order chi connectivity index (χ0) is 26.7. The summed E-state index contributed by atoms with van der Waals surface area (Å²) in [6, 6.07) is 25.4. The van der Waals surface area contributed by atoms with E-state index in [4.69, 9.17) is 9.47 Å². The van der Waals surface area contributed by atoms with Crippen LogP contribution in [0.5, 0.6) is 0 Å². The van der Waals surface area contributed by atoms with Crippen molar-refractivity contribution in [2.45, 2.75) is 43.4 Å². The van der Waals surface area contributed by atoms with Gasteiger partial charge in [0.1, 0.15) is 19.2 Å². The molecule has 4 rings (SSSR count). The number of hydrogen-bond acceptors (Lipinski definition) is 7. The number of amides is 1. The number of para-hydroxylation sites is 1. The predicted molar refractivity (Wildman–Crippen MR) is 155 cm³/mol. The Kier molecular flexibility index (Phi) is 11.9. The largest absolute Gasteiger partial charge is 0.465 e. The summed E-state index contributed by atoms with van der Waals surface area (Å²) in [4.78, 5) is 41.8. The quantitative estimate of drug-likeness (QED) is 0.332. The number of nitrogens with zero attached hydrogens (tertiary/aromatic N) is 1. The lowest BCUT2D eigenvalue weighted by Gasteiger charge is -2.27. The van der Waals surface area contributed by atoms with Gasteiger partial charge in [-0.25, -0.2) is 0 Å². The Labute approximate surface area is 239 Å². The molecule has 1 heterocycles. The van der Waals surface area contributed by atoms with Crippen molar-refractivity contribution in [3.05, 3.63) is 96.1 Å². The van der Waals surface area contributed by atoms with Gasteiger partial charge in [-0.15, -0.1) is 24.2 Å². The summed E-state index contributed by atoms with van der Waals surface area (Å²) in [5.41, 5.74) is 2.62. The van der Waals surface area contributed by atoms with Gasteiger partial charge in [0.05, 0.1) is 18.3 Å². The second-order valence-corrected chi connectivity index (χ2v) is 9.96. The van der Waals surface area contributed by atoms with Crippen molar-refractivity contribution in [3.8, 4) is 0 Å². The Morgan fingerprint density at radius 1 is 0.949 bits per heavy atom. The van der Waals surface area contributed by atoms with Crippen LogP contribution in [0.3, 0.4) is 0 Å². The number of ether oxygens (including phenoxy) is 2. The molecule has 0 fully saturated rings. The van der Waals surface area contributed by atoms with Gasteiger partial charge in [0.25, 0.3) is 0 Å². The Balaban J connectivity index is 0.00000420. The number of rotatable bonds is 11. The maximum absolute atomic E-state index is 13.8. The monoisotopic (exact) mass is 568 g/mol. The highest BCUT2D eigenvalue weighted by molar-refractivity contribution is 7.99. The number of benzene rings is 3. The first-order valence-corrected chi connectivity index (χ1v) is 13.7. The molecule has 3 aromatic rings. The second-order valence-electron chi connectivity index (χ2n) is 8.90. The summed E-state index contributed by atoms with van der Waals surface area (Å²) >= 11 is 1.51. The molecule has 0 aliphatic carbocycles. The Hall–Kier alpha value is -3.33. The third-order valence-corrected chi connectivity index (χ3v) is 7.35. The number of hydrogen-bond donors (Lipinski definition) is 1. The van der Waals surface area contributed by atoms with E-state index in [1.54, 1.807) is 6.92 Å². The van der Waals surface area contributed by atoms with Gasteiger partial charge in [0, 0.05) is 10.6 Å². The number of carbonyl (C=O) groups excluding carboxylic acids is 3. The van der Waals surface area contributed by atoms with Crippen molar-refractivity contribution >= 4 is 47.7 Å². The van der Waals surface area contributed by atoms with E-state index < -0.39 is 24.0 Å².